The van der Waals surface area contributed by atoms with Crippen LogP contribution in [-0.4, -0.2) is 19.6 Å². The third kappa shape index (κ3) is 5.86. The summed E-state index contributed by atoms with van der Waals surface area (Å²) >= 11 is 1.09. The molecule has 2 aromatic rings. The molecule has 124 valence electrons. The molecule has 6 heteroatoms. The smallest absolute Gasteiger partial charge is 0.224 e. The van der Waals surface area contributed by atoms with Crippen molar-refractivity contribution < 1.29 is 14.3 Å². The monoisotopic (exact) mass is 342 g/mol. The summed E-state index contributed by atoms with van der Waals surface area (Å²) in [6, 6.07) is 14.5. The first kappa shape index (κ1) is 17.7. The molecule has 0 unspecified atom stereocenters. The van der Waals surface area contributed by atoms with Crippen molar-refractivity contribution in [2.45, 2.75) is 17.7 Å². The highest BCUT2D eigenvalue weighted by Gasteiger charge is 2.03. The standard InChI is InChI=1S/C18H18N2O3S/c1-22-15-6-8-16(9-7-15)23-12-2-3-18(21)20-14-4-10-17(11-5-14)24-13-19/h4-11H,2-3,12H2,1H3,(H,20,21). The molecular formula is C18H18N2O3S. The SMILES string of the molecule is COc1ccc(OCCCC(=O)Nc2ccc(SC#N)cc2)cc1. The predicted octanol–water partition coefficient (Wildman–Crippen LogP) is 4.07. The summed E-state index contributed by atoms with van der Waals surface area (Å²) in [5.74, 6) is 1.47. The summed E-state index contributed by atoms with van der Waals surface area (Å²) in [6.45, 7) is 0.470. The van der Waals surface area contributed by atoms with Crippen LogP contribution in [0.4, 0.5) is 5.69 Å². The first-order chi connectivity index (χ1) is 11.7. The number of rotatable bonds is 8. The van der Waals surface area contributed by atoms with Crippen LogP contribution in [0.5, 0.6) is 11.5 Å². The van der Waals surface area contributed by atoms with Gasteiger partial charge in [0.1, 0.15) is 16.9 Å². The fourth-order valence-electron chi connectivity index (χ4n) is 1.98. The van der Waals surface area contributed by atoms with E-state index in [1.54, 1.807) is 31.4 Å². The first-order valence-corrected chi connectivity index (χ1v) is 8.25. The van der Waals surface area contributed by atoms with Crippen molar-refractivity contribution in [3.63, 3.8) is 0 Å². The normalized spacial score (nSPS) is 9.83. The Hall–Kier alpha value is -2.65. The lowest BCUT2D eigenvalue weighted by Gasteiger charge is -2.08. The molecule has 1 amide bonds. The van der Waals surface area contributed by atoms with E-state index in [1.807, 2.05) is 29.7 Å². The minimum absolute atomic E-state index is 0.0611. The van der Waals surface area contributed by atoms with Gasteiger partial charge < -0.3 is 14.8 Å². The maximum atomic E-state index is 11.9. The van der Waals surface area contributed by atoms with Crippen molar-refractivity contribution >= 4 is 23.4 Å². The number of nitrogens with zero attached hydrogens (tertiary/aromatic N) is 1. The van der Waals surface area contributed by atoms with Gasteiger partial charge in [0.25, 0.3) is 0 Å². The van der Waals surface area contributed by atoms with E-state index < -0.39 is 0 Å². The Morgan fingerprint density at radius 2 is 1.79 bits per heavy atom. The molecule has 24 heavy (non-hydrogen) atoms. The lowest BCUT2D eigenvalue weighted by atomic mass is 10.2. The van der Waals surface area contributed by atoms with Gasteiger partial charge in [-0.3, -0.25) is 4.79 Å². The molecule has 0 radical (unpaired) electrons. The molecule has 2 aromatic carbocycles. The van der Waals surface area contributed by atoms with Crippen LogP contribution >= 0.6 is 11.8 Å². The van der Waals surface area contributed by atoms with Crippen molar-refractivity contribution in [2.24, 2.45) is 0 Å². The minimum Gasteiger partial charge on any atom is -0.497 e. The first-order valence-electron chi connectivity index (χ1n) is 7.44. The van der Waals surface area contributed by atoms with E-state index in [0.29, 0.717) is 19.4 Å². The van der Waals surface area contributed by atoms with Gasteiger partial charge in [-0.25, -0.2) is 0 Å². The Morgan fingerprint density at radius 1 is 1.12 bits per heavy atom. The van der Waals surface area contributed by atoms with E-state index in [4.69, 9.17) is 14.7 Å². The van der Waals surface area contributed by atoms with Crippen LogP contribution in [0.3, 0.4) is 0 Å². The van der Waals surface area contributed by atoms with Crippen LogP contribution in [0.1, 0.15) is 12.8 Å². The second-order valence-corrected chi connectivity index (χ2v) is 5.75. The van der Waals surface area contributed by atoms with Gasteiger partial charge in [-0.1, -0.05) is 0 Å². The van der Waals surface area contributed by atoms with E-state index in [-0.39, 0.29) is 5.91 Å². The Bertz CT molecular complexity index is 694. The molecule has 0 fully saturated rings. The Labute approximate surface area is 145 Å². The number of methoxy groups -OCH3 is 1. The maximum absolute atomic E-state index is 11.9. The molecule has 0 heterocycles. The molecule has 0 spiro atoms. The number of thiocyanates is 1. The van der Waals surface area contributed by atoms with Gasteiger partial charge >= 0.3 is 0 Å². The number of anilines is 1. The molecule has 0 aliphatic carbocycles. The van der Waals surface area contributed by atoms with E-state index in [0.717, 1.165) is 33.8 Å². The number of nitrogens with one attached hydrogen (secondary N) is 1. The van der Waals surface area contributed by atoms with Gasteiger partial charge in [0.15, 0.2) is 0 Å². The zero-order valence-electron chi connectivity index (χ0n) is 13.3. The Morgan fingerprint density at radius 3 is 2.42 bits per heavy atom. The molecule has 0 bridgehead atoms. The number of carbonyl (C=O) groups excluding carboxylic acids is 1. The molecule has 5 nitrogen and oxygen atoms in total. The number of thioether (sulfide) groups is 1. The number of carbonyl (C=O) groups is 1. The summed E-state index contributed by atoms with van der Waals surface area (Å²) in [7, 11) is 1.62. The predicted molar refractivity (Wildman–Crippen MR) is 94.3 cm³/mol. The summed E-state index contributed by atoms with van der Waals surface area (Å²) in [6.07, 6.45) is 1.01. The highest BCUT2D eigenvalue weighted by molar-refractivity contribution is 8.03. The van der Waals surface area contributed by atoms with Crippen LogP contribution < -0.4 is 14.8 Å². The lowest BCUT2D eigenvalue weighted by molar-refractivity contribution is -0.116. The molecule has 0 atom stereocenters. The number of nitriles is 1. The van der Waals surface area contributed by atoms with Crippen LogP contribution in [-0.2, 0) is 4.79 Å². The molecule has 2 rings (SSSR count). The third-order valence-electron chi connectivity index (χ3n) is 3.18. The van der Waals surface area contributed by atoms with E-state index >= 15 is 0 Å². The second kappa shape index (κ2) is 9.48. The largest absolute Gasteiger partial charge is 0.497 e. The average Bonchev–Trinajstić information content (AvgIpc) is 2.61. The average molecular weight is 342 g/mol. The fourth-order valence-corrected chi connectivity index (χ4v) is 2.35. The number of amides is 1. The maximum Gasteiger partial charge on any atom is 0.224 e. The number of benzene rings is 2. The summed E-state index contributed by atoms with van der Waals surface area (Å²) < 4.78 is 10.7. The van der Waals surface area contributed by atoms with Gasteiger partial charge in [0, 0.05) is 17.0 Å². The molecular weight excluding hydrogens is 324 g/mol. The second-order valence-electron chi connectivity index (χ2n) is 4.89. The van der Waals surface area contributed by atoms with Gasteiger partial charge in [0.2, 0.25) is 5.91 Å². The Kier molecular flexibility index (Phi) is 6.99. The summed E-state index contributed by atoms with van der Waals surface area (Å²) in [5.41, 5.74) is 0.721. The van der Waals surface area contributed by atoms with Crippen molar-refractivity contribution in [3.05, 3.63) is 48.5 Å². The van der Waals surface area contributed by atoms with E-state index in [2.05, 4.69) is 5.32 Å². The summed E-state index contributed by atoms with van der Waals surface area (Å²) in [5, 5.41) is 13.4. The molecule has 0 aromatic heterocycles. The van der Waals surface area contributed by atoms with Crippen molar-refractivity contribution in [3.8, 4) is 16.9 Å². The van der Waals surface area contributed by atoms with Crippen LogP contribution in [0.15, 0.2) is 53.4 Å². The van der Waals surface area contributed by atoms with Crippen LogP contribution in [0, 0.1) is 10.7 Å². The van der Waals surface area contributed by atoms with Gasteiger partial charge in [-0.05, 0) is 66.7 Å². The van der Waals surface area contributed by atoms with Gasteiger partial charge in [0.05, 0.1) is 13.7 Å². The van der Waals surface area contributed by atoms with Crippen LogP contribution in [0.25, 0.3) is 0 Å². The molecule has 0 saturated carbocycles. The molecule has 1 N–H and O–H groups in total. The van der Waals surface area contributed by atoms with Gasteiger partial charge in [-0.15, -0.1) is 0 Å². The van der Waals surface area contributed by atoms with Gasteiger partial charge in [-0.2, -0.15) is 5.26 Å². The lowest BCUT2D eigenvalue weighted by Crippen LogP contribution is -2.12. The summed E-state index contributed by atoms with van der Waals surface area (Å²) in [4.78, 5) is 12.7. The number of hydrogen-bond donors (Lipinski definition) is 1. The molecule has 0 aliphatic rings. The quantitative estimate of drug-likeness (QED) is 0.445. The number of hydrogen-bond acceptors (Lipinski definition) is 5. The zero-order chi connectivity index (χ0) is 17.2. The highest BCUT2D eigenvalue weighted by Crippen LogP contribution is 2.19. The minimum atomic E-state index is -0.0611. The van der Waals surface area contributed by atoms with Crippen molar-refractivity contribution in [1.29, 1.82) is 5.26 Å². The Balaban J connectivity index is 1.68. The van der Waals surface area contributed by atoms with Crippen LogP contribution in [0.2, 0.25) is 0 Å². The van der Waals surface area contributed by atoms with Crippen molar-refractivity contribution in [1.82, 2.24) is 0 Å². The third-order valence-corrected chi connectivity index (χ3v) is 3.78. The fraction of sp³-hybridized carbons (Fsp3) is 0.222. The van der Waals surface area contributed by atoms with E-state index in [1.165, 1.54) is 0 Å². The molecule has 0 aliphatic heterocycles. The van der Waals surface area contributed by atoms with E-state index in [9.17, 15) is 4.79 Å². The highest BCUT2D eigenvalue weighted by atomic mass is 32.2. The van der Waals surface area contributed by atoms with Crippen molar-refractivity contribution in [2.75, 3.05) is 19.0 Å². The number of ether oxygens (including phenoxy) is 2. The molecule has 0 saturated heterocycles. The zero-order valence-corrected chi connectivity index (χ0v) is 14.1. The topological polar surface area (TPSA) is 71.3 Å².